The third-order valence-electron chi connectivity index (χ3n) is 1.48. The van der Waals surface area contributed by atoms with E-state index in [-0.39, 0.29) is 5.82 Å². The van der Waals surface area contributed by atoms with Crippen LogP contribution in [0.15, 0.2) is 24.3 Å². The Morgan fingerprint density at radius 3 is 2.92 bits per heavy atom. The second-order valence-corrected chi connectivity index (χ2v) is 2.59. The summed E-state index contributed by atoms with van der Waals surface area (Å²) >= 11 is 0. The molecule has 1 aromatic carbocycles. The fraction of sp³-hybridized carbons (Fsp3) is 0.222. The van der Waals surface area contributed by atoms with E-state index in [0.29, 0.717) is 6.54 Å². The number of hydrogen-bond donors (Lipinski definition) is 0. The van der Waals surface area contributed by atoms with Crippen molar-refractivity contribution in [3.8, 4) is 6.19 Å². The SMILES string of the molecule is CN(C#N)Cc1cccc(F)c1. The molecule has 0 saturated heterocycles. The Balaban J connectivity index is 2.71. The van der Waals surface area contributed by atoms with Crippen molar-refractivity contribution in [2.45, 2.75) is 6.54 Å². The average Bonchev–Trinajstić information content (AvgIpc) is 2.04. The predicted molar refractivity (Wildman–Crippen MR) is 43.5 cm³/mol. The van der Waals surface area contributed by atoms with Gasteiger partial charge in [0.05, 0.1) is 6.54 Å². The van der Waals surface area contributed by atoms with E-state index in [0.717, 1.165) is 5.56 Å². The van der Waals surface area contributed by atoms with Gasteiger partial charge in [0, 0.05) is 7.05 Å². The van der Waals surface area contributed by atoms with Crippen LogP contribution in [-0.4, -0.2) is 11.9 Å². The van der Waals surface area contributed by atoms with Crippen LogP contribution in [0, 0.1) is 17.3 Å². The van der Waals surface area contributed by atoms with E-state index >= 15 is 0 Å². The summed E-state index contributed by atoms with van der Waals surface area (Å²) in [6.45, 7) is 0.453. The molecule has 62 valence electrons. The van der Waals surface area contributed by atoms with Crippen LogP contribution in [0.1, 0.15) is 5.56 Å². The average molecular weight is 164 g/mol. The summed E-state index contributed by atoms with van der Waals surface area (Å²) in [7, 11) is 1.66. The van der Waals surface area contributed by atoms with E-state index in [4.69, 9.17) is 5.26 Å². The molecule has 3 heteroatoms. The lowest BCUT2D eigenvalue weighted by Gasteiger charge is -2.07. The molecule has 0 atom stereocenters. The summed E-state index contributed by atoms with van der Waals surface area (Å²) in [5, 5.41) is 8.45. The van der Waals surface area contributed by atoms with Gasteiger partial charge in [-0.05, 0) is 17.7 Å². The summed E-state index contributed by atoms with van der Waals surface area (Å²) in [6, 6.07) is 6.23. The lowest BCUT2D eigenvalue weighted by Crippen LogP contribution is -2.09. The molecule has 0 aliphatic carbocycles. The first-order chi connectivity index (χ1) is 5.72. The Bertz CT molecular complexity index is 304. The summed E-state index contributed by atoms with van der Waals surface area (Å²) < 4.78 is 12.6. The molecular weight excluding hydrogens is 155 g/mol. The van der Waals surface area contributed by atoms with Crippen molar-refractivity contribution in [3.63, 3.8) is 0 Å². The van der Waals surface area contributed by atoms with Gasteiger partial charge in [0.25, 0.3) is 0 Å². The number of nitrogens with zero attached hydrogens (tertiary/aromatic N) is 2. The molecule has 2 nitrogen and oxygen atoms in total. The molecule has 0 bridgehead atoms. The molecule has 1 rings (SSSR count). The van der Waals surface area contributed by atoms with Crippen molar-refractivity contribution >= 4 is 0 Å². The maximum atomic E-state index is 12.6. The first-order valence-corrected chi connectivity index (χ1v) is 3.57. The monoisotopic (exact) mass is 164 g/mol. The molecule has 0 aliphatic heterocycles. The number of hydrogen-bond acceptors (Lipinski definition) is 2. The van der Waals surface area contributed by atoms with Crippen LogP contribution < -0.4 is 0 Å². The van der Waals surface area contributed by atoms with Gasteiger partial charge in [0.2, 0.25) is 0 Å². The lowest BCUT2D eigenvalue weighted by molar-refractivity contribution is 0.467. The second-order valence-electron chi connectivity index (χ2n) is 2.59. The van der Waals surface area contributed by atoms with E-state index in [1.54, 1.807) is 19.2 Å². The van der Waals surface area contributed by atoms with Crippen LogP contribution in [-0.2, 0) is 6.54 Å². The van der Waals surface area contributed by atoms with Gasteiger partial charge in [-0.25, -0.2) is 4.39 Å². The summed E-state index contributed by atoms with van der Waals surface area (Å²) in [4.78, 5) is 1.44. The van der Waals surface area contributed by atoms with Gasteiger partial charge < -0.3 is 4.90 Å². The van der Waals surface area contributed by atoms with Crippen molar-refractivity contribution < 1.29 is 4.39 Å². The normalized spacial score (nSPS) is 9.08. The number of nitriles is 1. The number of halogens is 1. The lowest BCUT2D eigenvalue weighted by atomic mass is 10.2. The maximum Gasteiger partial charge on any atom is 0.179 e. The Morgan fingerprint density at radius 2 is 2.33 bits per heavy atom. The minimum absolute atomic E-state index is 0.265. The van der Waals surface area contributed by atoms with E-state index < -0.39 is 0 Å². The molecule has 0 amide bonds. The minimum atomic E-state index is -0.265. The standard InChI is InChI=1S/C9H9FN2/c1-12(7-11)6-8-3-2-4-9(10)5-8/h2-5H,6H2,1H3. The molecular formula is C9H9FN2. The Hall–Kier alpha value is -1.56. The highest BCUT2D eigenvalue weighted by atomic mass is 19.1. The van der Waals surface area contributed by atoms with Gasteiger partial charge >= 0.3 is 0 Å². The van der Waals surface area contributed by atoms with Gasteiger partial charge in [0.1, 0.15) is 5.82 Å². The van der Waals surface area contributed by atoms with Gasteiger partial charge in [-0.3, -0.25) is 0 Å². The van der Waals surface area contributed by atoms with Crippen molar-refractivity contribution in [1.29, 1.82) is 5.26 Å². The van der Waals surface area contributed by atoms with E-state index in [1.165, 1.54) is 17.0 Å². The highest BCUT2D eigenvalue weighted by molar-refractivity contribution is 5.16. The highest BCUT2D eigenvalue weighted by Gasteiger charge is 1.97. The molecule has 0 N–H and O–H groups in total. The zero-order valence-electron chi connectivity index (χ0n) is 6.79. The molecule has 0 aliphatic rings. The van der Waals surface area contributed by atoms with Gasteiger partial charge in [-0.15, -0.1) is 0 Å². The summed E-state index contributed by atoms with van der Waals surface area (Å²) in [5.41, 5.74) is 0.805. The van der Waals surface area contributed by atoms with Gasteiger partial charge in [-0.1, -0.05) is 12.1 Å². The third kappa shape index (κ3) is 2.24. The predicted octanol–water partition coefficient (Wildman–Crippen LogP) is 1.74. The molecule has 0 spiro atoms. The first-order valence-electron chi connectivity index (χ1n) is 3.57. The van der Waals surface area contributed by atoms with Crippen molar-refractivity contribution in [3.05, 3.63) is 35.6 Å². The molecule has 12 heavy (non-hydrogen) atoms. The molecule has 0 unspecified atom stereocenters. The van der Waals surface area contributed by atoms with Crippen LogP contribution in [0.5, 0.6) is 0 Å². The van der Waals surface area contributed by atoms with Crippen LogP contribution in [0.4, 0.5) is 4.39 Å². The smallest absolute Gasteiger partial charge is 0.179 e. The Labute approximate surface area is 70.8 Å². The Kier molecular flexibility index (Phi) is 2.65. The van der Waals surface area contributed by atoms with Crippen molar-refractivity contribution in [2.24, 2.45) is 0 Å². The Morgan fingerprint density at radius 1 is 1.58 bits per heavy atom. The fourth-order valence-corrected chi connectivity index (χ4v) is 0.945. The maximum absolute atomic E-state index is 12.6. The van der Waals surface area contributed by atoms with E-state index in [2.05, 4.69) is 0 Å². The largest absolute Gasteiger partial charge is 0.309 e. The fourth-order valence-electron chi connectivity index (χ4n) is 0.945. The second kappa shape index (κ2) is 3.72. The zero-order valence-corrected chi connectivity index (χ0v) is 6.79. The van der Waals surface area contributed by atoms with Crippen molar-refractivity contribution in [1.82, 2.24) is 4.90 Å². The van der Waals surface area contributed by atoms with E-state index in [9.17, 15) is 4.39 Å². The number of rotatable bonds is 2. The van der Waals surface area contributed by atoms with Gasteiger partial charge in [0.15, 0.2) is 6.19 Å². The summed E-state index contributed by atoms with van der Waals surface area (Å²) in [6.07, 6.45) is 1.94. The summed E-state index contributed by atoms with van der Waals surface area (Å²) in [5.74, 6) is -0.265. The quantitative estimate of drug-likeness (QED) is 0.491. The van der Waals surface area contributed by atoms with Crippen LogP contribution in [0.2, 0.25) is 0 Å². The molecule has 0 radical (unpaired) electrons. The van der Waals surface area contributed by atoms with Crippen LogP contribution in [0.25, 0.3) is 0 Å². The molecule has 1 aromatic rings. The molecule has 0 aromatic heterocycles. The van der Waals surface area contributed by atoms with Crippen LogP contribution >= 0.6 is 0 Å². The first kappa shape index (κ1) is 8.54. The van der Waals surface area contributed by atoms with Crippen LogP contribution in [0.3, 0.4) is 0 Å². The molecule has 0 heterocycles. The van der Waals surface area contributed by atoms with E-state index in [1.807, 2.05) is 6.19 Å². The third-order valence-corrected chi connectivity index (χ3v) is 1.48. The number of benzene rings is 1. The minimum Gasteiger partial charge on any atom is -0.309 e. The molecule has 0 fully saturated rings. The molecule has 0 saturated carbocycles. The van der Waals surface area contributed by atoms with Crippen molar-refractivity contribution in [2.75, 3.05) is 7.05 Å². The topological polar surface area (TPSA) is 27.0 Å². The van der Waals surface area contributed by atoms with Gasteiger partial charge in [-0.2, -0.15) is 5.26 Å². The zero-order chi connectivity index (χ0) is 8.97. The highest BCUT2D eigenvalue weighted by Crippen LogP contribution is 2.05.